The normalized spacial score (nSPS) is 11.2. The number of halogens is 1. The van der Waals surface area contributed by atoms with Crippen LogP contribution in [0.25, 0.3) is 27.8 Å². The summed E-state index contributed by atoms with van der Waals surface area (Å²) < 4.78 is 1.95. The van der Waals surface area contributed by atoms with E-state index in [0.717, 1.165) is 27.8 Å². The maximum Gasteiger partial charge on any atom is 0.342 e. The lowest BCUT2D eigenvalue weighted by Crippen LogP contribution is -2.34. The van der Waals surface area contributed by atoms with Crippen LogP contribution < -0.4 is 15.1 Å². The van der Waals surface area contributed by atoms with Crippen molar-refractivity contribution in [2.45, 2.75) is 5.16 Å². The molecular formula is C27H20ClN5O2S. The van der Waals surface area contributed by atoms with Crippen molar-refractivity contribution >= 4 is 46.3 Å². The van der Waals surface area contributed by atoms with Crippen molar-refractivity contribution in [3.05, 3.63) is 102 Å². The Kier molecular flexibility index (Phi) is 6.97. The van der Waals surface area contributed by atoms with Gasteiger partial charge in [-0.15, -0.1) is 5.10 Å². The quantitative estimate of drug-likeness (QED) is 0.145. The van der Waals surface area contributed by atoms with Crippen molar-refractivity contribution in [1.29, 1.82) is 0 Å². The molecule has 0 unspecified atom stereocenters. The van der Waals surface area contributed by atoms with E-state index in [4.69, 9.17) is 11.6 Å². The maximum absolute atomic E-state index is 12.5. The number of aromatic nitrogens is 3. The van der Waals surface area contributed by atoms with Crippen LogP contribution >= 0.6 is 23.4 Å². The van der Waals surface area contributed by atoms with Crippen LogP contribution in [0.3, 0.4) is 0 Å². The van der Waals surface area contributed by atoms with E-state index in [2.05, 4.69) is 20.7 Å². The zero-order valence-corrected chi connectivity index (χ0v) is 20.5. The highest BCUT2D eigenvalue weighted by Crippen LogP contribution is 2.24. The van der Waals surface area contributed by atoms with E-state index in [-0.39, 0.29) is 17.4 Å². The number of rotatable bonds is 7. The van der Waals surface area contributed by atoms with Crippen LogP contribution in [0, 0.1) is 0 Å². The molecule has 0 aliphatic carbocycles. The zero-order chi connectivity index (χ0) is 24.9. The maximum atomic E-state index is 12.5. The Morgan fingerprint density at radius 3 is 2.58 bits per heavy atom. The number of nitrogens with one attached hydrogen (secondary N) is 2. The largest absolute Gasteiger partial charge is 0.872 e. The first kappa shape index (κ1) is 23.6. The smallest absolute Gasteiger partial charge is 0.342 e. The first-order chi connectivity index (χ1) is 17.6. The number of H-pyrrole nitrogens is 1. The Bertz CT molecular complexity index is 1550. The van der Waals surface area contributed by atoms with E-state index in [1.807, 2.05) is 83.4 Å². The predicted molar refractivity (Wildman–Crippen MR) is 140 cm³/mol. The SMILES string of the molecule is O=C(CSc1n[nH]c(-c2ccc(Cl)cc2)[n+]1-c1ccccc1)NN=Cc1c([O-])ccc2ccccc12. The molecule has 0 spiro atoms. The Labute approximate surface area is 216 Å². The second kappa shape index (κ2) is 10.6. The molecule has 178 valence electrons. The minimum absolute atomic E-state index is 0.0782. The number of carbonyl (C=O) groups excluding carboxylic acids is 1. The van der Waals surface area contributed by atoms with Gasteiger partial charge in [-0.05, 0) is 64.5 Å². The van der Waals surface area contributed by atoms with Crippen LogP contribution in [0.1, 0.15) is 5.56 Å². The van der Waals surface area contributed by atoms with Gasteiger partial charge in [0.1, 0.15) is 5.69 Å². The molecule has 0 atom stereocenters. The zero-order valence-electron chi connectivity index (χ0n) is 18.9. The van der Waals surface area contributed by atoms with E-state index in [1.54, 1.807) is 6.07 Å². The van der Waals surface area contributed by atoms with Gasteiger partial charge in [0.25, 0.3) is 11.7 Å². The molecule has 0 saturated heterocycles. The summed E-state index contributed by atoms with van der Waals surface area (Å²) in [6.45, 7) is 0. The summed E-state index contributed by atoms with van der Waals surface area (Å²) in [5, 5.41) is 26.8. The molecule has 9 heteroatoms. The van der Waals surface area contributed by atoms with Gasteiger partial charge < -0.3 is 5.11 Å². The third-order valence-electron chi connectivity index (χ3n) is 5.45. The van der Waals surface area contributed by atoms with Crippen molar-refractivity contribution in [3.63, 3.8) is 0 Å². The van der Waals surface area contributed by atoms with Gasteiger partial charge in [0, 0.05) is 5.02 Å². The number of para-hydroxylation sites is 1. The van der Waals surface area contributed by atoms with Crippen molar-refractivity contribution in [2.75, 3.05) is 5.75 Å². The Morgan fingerprint density at radius 2 is 1.78 bits per heavy atom. The third kappa shape index (κ3) is 5.10. The van der Waals surface area contributed by atoms with Crippen LogP contribution in [0.15, 0.2) is 101 Å². The summed E-state index contributed by atoms with van der Waals surface area (Å²) in [6.07, 6.45) is 1.39. The molecule has 7 nitrogen and oxygen atoms in total. The number of benzene rings is 4. The Hall–Kier alpha value is -4.14. The van der Waals surface area contributed by atoms with Crippen molar-refractivity contribution < 1.29 is 14.5 Å². The molecule has 36 heavy (non-hydrogen) atoms. The lowest BCUT2D eigenvalue weighted by molar-refractivity contribution is -0.625. The fraction of sp³-hybridized carbons (Fsp3) is 0.0370. The number of hydrogen-bond acceptors (Lipinski definition) is 5. The van der Waals surface area contributed by atoms with Crippen LogP contribution in [0.4, 0.5) is 0 Å². The first-order valence-electron chi connectivity index (χ1n) is 11.1. The number of aromatic amines is 1. The lowest BCUT2D eigenvalue weighted by Gasteiger charge is -2.12. The molecule has 5 aromatic rings. The summed E-state index contributed by atoms with van der Waals surface area (Å²) in [4.78, 5) is 12.5. The average Bonchev–Trinajstić information content (AvgIpc) is 3.33. The standard InChI is InChI=1S/C27H20ClN5O2S/c28-20-13-10-19(11-14-20)26-31-32-27(33(26)21-7-2-1-3-8-21)36-17-25(35)30-29-16-23-22-9-5-4-6-18(22)12-15-24(23)34/h1-16H,17H2,(H2,29,30,34,35). The molecule has 1 amide bonds. The van der Waals surface area contributed by atoms with E-state index in [1.165, 1.54) is 24.0 Å². The molecular weight excluding hydrogens is 494 g/mol. The number of carbonyl (C=O) groups is 1. The van der Waals surface area contributed by atoms with Crippen molar-refractivity contribution in [1.82, 2.24) is 15.6 Å². The molecule has 4 aromatic carbocycles. The number of thioether (sulfide) groups is 1. The fourth-order valence-corrected chi connectivity index (χ4v) is 4.64. The van der Waals surface area contributed by atoms with Gasteiger partial charge in [-0.1, -0.05) is 71.9 Å². The molecule has 0 saturated carbocycles. The summed E-state index contributed by atoms with van der Waals surface area (Å²) in [6, 6.07) is 28.0. The van der Waals surface area contributed by atoms with Gasteiger partial charge in [0.05, 0.1) is 22.6 Å². The van der Waals surface area contributed by atoms with E-state index >= 15 is 0 Å². The number of hydrazone groups is 1. The minimum Gasteiger partial charge on any atom is -0.872 e. The van der Waals surface area contributed by atoms with Gasteiger partial charge in [-0.25, -0.2) is 5.43 Å². The van der Waals surface area contributed by atoms with Gasteiger partial charge in [0.15, 0.2) is 0 Å². The van der Waals surface area contributed by atoms with Gasteiger partial charge in [-0.3, -0.25) is 4.79 Å². The van der Waals surface area contributed by atoms with Gasteiger partial charge in [0.2, 0.25) is 0 Å². The van der Waals surface area contributed by atoms with Crippen LogP contribution in [0.5, 0.6) is 5.75 Å². The molecule has 0 fully saturated rings. The average molecular weight is 514 g/mol. The van der Waals surface area contributed by atoms with Crippen LogP contribution in [-0.4, -0.2) is 28.1 Å². The number of fused-ring (bicyclic) bond motifs is 1. The van der Waals surface area contributed by atoms with Crippen molar-refractivity contribution in [3.8, 4) is 22.8 Å². The second-order valence-electron chi connectivity index (χ2n) is 7.81. The van der Waals surface area contributed by atoms with Gasteiger partial charge >= 0.3 is 5.16 Å². The minimum atomic E-state index is -0.320. The molecule has 1 aromatic heterocycles. The monoisotopic (exact) mass is 513 g/mol. The molecule has 1 heterocycles. The molecule has 0 aliphatic heterocycles. The number of hydrogen-bond donors (Lipinski definition) is 2. The van der Waals surface area contributed by atoms with Crippen molar-refractivity contribution in [2.24, 2.45) is 5.10 Å². The highest BCUT2D eigenvalue weighted by molar-refractivity contribution is 7.99. The highest BCUT2D eigenvalue weighted by atomic mass is 35.5. The Balaban J connectivity index is 1.33. The highest BCUT2D eigenvalue weighted by Gasteiger charge is 2.24. The lowest BCUT2D eigenvalue weighted by atomic mass is 10.0. The molecule has 5 rings (SSSR count). The topological polar surface area (TPSA) is 97.1 Å². The summed E-state index contributed by atoms with van der Waals surface area (Å²) in [5.74, 6) is 0.364. The summed E-state index contributed by atoms with van der Waals surface area (Å²) >= 11 is 7.32. The van der Waals surface area contributed by atoms with Gasteiger partial charge in [-0.2, -0.15) is 9.67 Å². The number of nitrogens with zero attached hydrogens (tertiary/aromatic N) is 3. The van der Waals surface area contributed by atoms with E-state index < -0.39 is 0 Å². The Morgan fingerprint density at radius 1 is 1.03 bits per heavy atom. The first-order valence-corrected chi connectivity index (χ1v) is 12.4. The predicted octanol–water partition coefficient (Wildman–Crippen LogP) is 4.48. The summed E-state index contributed by atoms with van der Waals surface area (Å²) in [7, 11) is 0. The summed E-state index contributed by atoms with van der Waals surface area (Å²) in [5.41, 5.74) is 4.74. The molecule has 0 aliphatic rings. The molecule has 0 bridgehead atoms. The van der Waals surface area contributed by atoms with Crippen LogP contribution in [-0.2, 0) is 4.79 Å². The molecule has 0 radical (unpaired) electrons. The van der Waals surface area contributed by atoms with Crippen LogP contribution in [0.2, 0.25) is 5.02 Å². The second-order valence-corrected chi connectivity index (χ2v) is 9.19. The third-order valence-corrected chi connectivity index (χ3v) is 6.64. The number of amides is 1. The van der Waals surface area contributed by atoms with E-state index in [0.29, 0.717) is 15.7 Å². The van der Waals surface area contributed by atoms with E-state index in [9.17, 15) is 9.90 Å². The fourth-order valence-electron chi connectivity index (χ4n) is 3.75. The molecule has 2 N–H and O–H groups in total.